The molecule has 6 nitrogen and oxygen atoms in total. The van der Waals surface area contributed by atoms with Gasteiger partial charge < -0.3 is 14.1 Å². The van der Waals surface area contributed by atoms with Crippen LogP contribution in [0.15, 0.2) is 140 Å². The molecule has 0 amide bonds. The number of aryl methyl sites for hydroxylation is 2. The maximum absolute atomic E-state index is 11.8. The van der Waals surface area contributed by atoms with Crippen molar-refractivity contribution < 1.29 is 26.2 Å². The molecule has 9 aromatic rings. The number of hydrogen-bond donors (Lipinski definition) is 1. The van der Waals surface area contributed by atoms with E-state index >= 15 is 0 Å². The van der Waals surface area contributed by atoms with Crippen molar-refractivity contribution in [2.45, 2.75) is 40.0 Å². The van der Waals surface area contributed by atoms with Gasteiger partial charge in [-0.1, -0.05) is 129 Å². The van der Waals surface area contributed by atoms with Gasteiger partial charge in [0.1, 0.15) is 17.4 Å². The number of aromatic hydroxyl groups is 1. The largest absolute Gasteiger partial charge is 0.507 e. The number of rotatable bonds is 5. The minimum Gasteiger partial charge on any atom is -0.507 e. The van der Waals surface area contributed by atoms with Gasteiger partial charge in [0.2, 0.25) is 0 Å². The van der Waals surface area contributed by atoms with Gasteiger partial charge in [0.25, 0.3) is 0 Å². The van der Waals surface area contributed by atoms with Gasteiger partial charge in [0, 0.05) is 38.5 Å². The van der Waals surface area contributed by atoms with Gasteiger partial charge >= 0.3 is 6.98 Å². The molecule has 280 valence electrons. The summed E-state index contributed by atoms with van der Waals surface area (Å²) in [5, 5.41) is 11.8. The molecule has 1 aliphatic rings. The number of phenolic OH excluding ortho intramolecular Hbond substituents is 1. The molecule has 0 spiro atoms. The Labute approximate surface area is 347 Å². The summed E-state index contributed by atoms with van der Waals surface area (Å²) in [6, 6.07) is 49.9. The molecule has 0 saturated heterocycles. The first-order valence-electron chi connectivity index (χ1n) is 19.1. The number of fused-ring (bicyclic) bond motifs is 4. The third-order valence-corrected chi connectivity index (χ3v) is 11.2. The summed E-state index contributed by atoms with van der Waals surface area (Å²) < 4.78 is 4.60. The van der Waals surface area contributed by atoms with Gasteiger partial charge in [-0.15, -0.1) is 29.3 Å². The zero-order chi connectivity index (χ0) is 38.3. The van der Waals surface area contributed by atoms with Crippen LogP contribution in [-0.2, 0) is 26.5 Å². The van der Waals surface area contributed by atoms with Crippen LogP contribution in [0.2, 0.25) is 0 Å². The molecule has 57 heavy (non-hydrogen) atoms. The van der Waals surface area contributed by atoms with Gasteiger partial charge in [-0.05, 0) is 71.2 Å². The van der Waals surface area contributed by atoms with Crippen LogP contribution in [0.4, 0.5) is 0 Å². The molecule has 0 unspecified atom stereocenters. The Bertz CT molecular complexity index is 2980. The number of phenols is 1. The summed E-state index contributed by atoms with van der Waals surface area (Å²) in [7, 11) is 0. The number of nitrogens with zero attached hydrogens (tertiary/aromatic N) is 5. The van der Waals surface area contributed by atoms with E-state index in [4.69, 9.17) is 15.0 Å². The fraction of sp³-hybridized carbons (Fsp3) is 0.122. The van der Waals surface area contributed by atoms with E-state index in [1.54, 1.807) is 6.07 Å². The Morgan fingerprint density at radius 3 is 2.07 bits per heavy atom. The first kappa shape index (κ1) is 36.6. The van der Waals surface area contributed by atoms with E-state index in [0.29, 0.717) is 11.4 Å². The van der Waals surface area contributed by atoms with E-state index in [9.17, 15) is 5.11 Å². The molecule has 3 aromatic heterocycles. The minimum absolute atomic E-state index is 0. The topological polar surface area (TPSA) is 68.8 Å². The van der Waals surface area contributed by atoms with Crippen LogP contribution in [0.5, 0.6) is 5.75 Å². The van der Waals surface area contributed by atoms with E-state index in [2.05, 4.69) is 159 Å². The van der Waals surface area contributed by atoms with E-state index < -0.39 is 0 Å². The second kappa shape index (κ2) is 13.9. The fourth-order valence-corrected chi connectivity index (χ4v) is 8.45. The smallest absolute Gasteiger partial charge is 0.423 e. The number of pyridine rings is 1. The van der Waals surface area contributed by atoms with Crippen LogP contribution >= 0.6 is 0 Å². The Morgan fingerprint density at radius 2 is 1.33 bits per heavy atom. The second-order valence-electron chi connectivity index (χ2n) is 15.9. The minimum atomic E-state index is -0.329. The zero-order valence-corrected chi connectivity index (χ0v) is 34.6. The molecule has 0 radical (unpaired) electrons. The maximum Gasteiger partial charge on any atom is 0.423 e. The summed E-state index contributed by atoms with van der Waals surface area (Å²) in [6.45, 7) is 10.7. The van der Waals surface area contributed by atoms with Crippen LogP contribution in [-0.4, -0.2) is 36.0 Å². The Morgan fingerprint density at radius 1 is 0.649 bits per heavy atom. The number of aromatic nitrogens is 5. The summed E-state index contributed by atoms with van der Waals surface area (Å²) in [5.74, 6) is 1.74. The molecule has 0 aliphatic carbocycles. The SMILES string of the molecule is Cc1cccc(C)c1-c1nc2ccc(O)c3c2n1B(c1ccccc1)n1c-3nc2c(-c3[c-]c(-c4cc(-c5ccccc5)ccn4)cc(C(C)(C)C)c3)cccc21.[Pt]. The van der Waals surface area contributed by atoms with Crippen LogP contribution in [0.3, 0.4) is 0 Å². The quantitative estimate of drug-likeness (QED) is 0.138. The third-order valence-electron chi connectivity index (χ3n) is 11.2. The van der Waals surface area contributed by atoms with Crippen molar-refractivity contribution in [1.29, 1.82) is 0 Å². The Balaban J connectivity index is 0.00000422. The molecule has 1 N–H and O–H groups in total. The summed E-state index contributed by atoms with van der Waals surface area (Å²) in [6.07, 6.45) is 1.88. The average molecular weight is 920 g/mol. The van der Waals surface area contributed by atoms with Crippen molar-refractivity contribution in [3.63, 3.8) is 0 Å². The van der Waals surface area contributed by atoms with Gasteiger partial charge in [0.15, 0.2) is 0 Å². The van der Waals surface area contributed by atoms with Gasteiger partial charge in [-0.3, -0.25) is 4.98 Å². The molecule has 0 bridgehead atoms. The number of imidazole rings is 2. The first-order chi connectivity index (χ1) is 27.2. The van der Waals surface area contributed by atoms with E-state index in [-0.39, 0.29) is 39.2 Å². The van der Waals surface area contributed by atoms with Crippen LogP contribution in [0.25, 0.3) is 78.4 Å². The molecule has 0 fully saturated rings. The van der Waals surface area contributed by atoms with E-state index in [1.807, 2.05) is 24.4 Å². The first-order valence-corrected chi connectivity index (χ1v) is 19.1. The monoisotopic (exact) mass is 919 g/mol. The van der Waals surface area contributed by atoms with E-state index in [1.165, 1.54) is 5.56 Å². The number of hydrogen-bond acceptors (Lipinski definition) is 4. The predicted octanol–water partition coefficient (Wildman–Crippen LogP) is 10.6. The molecule has 10 rings (SSSR count). The van der Waals surface area contributed by atoms with Gasteiger partial charge in [-0.2, -0.15) is 0 Å². The molecule has 1 aliphatic heterocycles. The Hall–Kier alpha value is -6.04. The normalized spacial score (nSPS) is 12.2. The average Bonchev–Trinajstić information content (AvgIpc) is 3.79. The summed E-state index contributed by atoms with van der Waals surface area (Å²) in [5.41, 5.74) is 15.6. The van der Waals surface area contributed by atoms with Gasteiger partial charge in [0.05, 0.1) is 27.6 Å². The standard InChI is InChI=1S/C49H39BN5O.Pt/c1-30-14-12-15-31(2)43(30)47-52-39-22-23-42(56)44-46(39)55(47)50(37-18-10-7-11-19-37)54-41-21-13-20-38(45(41)53-48(44)54)34-26-35(28-36(27-34)49(3,4)5)40-29-33(24-25-51-40)32-16-8-6-9-17-32;/h6-25,27-29,56H,1-5H3;/q-1;. The molecular weight excluding hydrogens is 880 g/mol. The fourth-order valence-electron chi connectivity index (χ4n) is 8.45. The molecule has 4 heterocycles. The predicted molar refractivity (Wildman–Crippen MR) is 229 cm³/mol. The van der Waals surface area contributed by atoms with Crippen LogP contribution < -0.4 is 5.46 Å². The van der Waals surface area contributed by atoms with E-state index in [0.717, 1.165) is 83.6 Å². The second-order valence-corrected chi connectivity index (χ2v) is 15.9. The summed E-state index contributed by atoms with van der Waals surface area (Å²) >= 11 is 0. The summed E-state index contributed by atoms with van der Waals surface area (Å²) in [4.78, 5) is 15.6. The van der Waals surface area contributed by atoms with Crippen molar-refractivity contribution in [2.75, 3.05) is 0 Å². The van der Waals surface area contributed by atoms with Crippen molar-refractivity contribution >= 4 is 34.5 Å². The van der Waals surface area contributed by atoms with Crippen molar-refractivity contribution in [1.82, 2.24) is 23.9 Å². The maximum atomic E-state index is 11.8. The van der Waals surface area contributed by atoms with Gasteiger partial charge in [-0.25, -0.2) is 9.97 Å². The molecule has 6 aromatic carbocycles. The molecule has 0 atom stereocenters. The number of para-hydroxylation sites is 1. The van der Waals surface area contributed by atoms with Crippen molar-refractivity contribution in [3.05, 3.63) is 162 Å². The molecule has 8 heteroatoms. The number of benzene rings is 6. The molecular formula is C49H39BN5OPt-. The third kappa shape index (κ3) is 5.95. The van der Waals surface area contributed by atoms with Crippen molar-refractivity contribution in [3.8, 4) is 62.0 Å². The van der Waals surface area contributed by atoms with Crippen LogP contribution in [0, 0.1) is 19.9 Å². The van der Waals surface area contributed by atoms with Crippen molar-refractivity contribution in [2.24, 2.45) is 0 Å². The zero-order valence-electron chi connectivity index (χ0n) is 32.4. The van der Waals surface area contributed by atoms with Crippen LogP contribution in [0.1, 0.15) is 37.5 Å². The Kier molecular flexibility index (Phi) is 8.90. The molecule has 0 saturated carbocycles.